The first kappa shape index (κ1) is 27.8. The van der Waals surface area contributed by atoms with Gasteiger partial charge in [0.1, 0.15) is 18.2 Å². The number of carbonyl (C=O) groups excluding carboxylic acids is 1. The molecule has 4 aromatic rings. The van der Waals surface area contributed by atoms with Gasteiger partial charge >= 0.3 is 5.69 Å². The maximum atomic E-state index is 13.1. The lowest BCUT2D eigenvalue weighted by Crippen LogP contribution is -2.41. The van der Waals surface area contributed by atoms with Crippen molar-refractivity contribution in [2.45, 2.75) is 59.2 Å². The van der Waals surface area contributed by atoms with Crippen LogP contribution in [0.1, 0.15) is 49.1 Å². The van der Waals surface area contributed by atoms with E-state index in [1.165, 1.54) is 4.57 Å². The van der Waals surface area contributed by atoms with Crippen molar-refractivity contribution in [3.8, 4) is 5.75 Å². The molecule has 1 aliphatic heterocycles. The number of aliphatic imine (C=N–C) groups is 1. The number of aryl methyl sites for hydroxylation is 1. The molecule has 0 atom stereocenters. The summed E-state index contributed by atoms with van der Waals surface area (Å²) in [6.07, 6.45) is 1.91. The van der Waals surface area contributed by atoms with Crippen LogP contribution in [0.4, 0.5) is 11.6 Å². The average molecular weight is 555 g/mol. The van der Waals surface area contributed by atoms with E-state index in [9.17, 15) is 14.4 Å². The fraction of sp³-hybridized carbons (Fsp3) is 0.323. The molecule has 10 heteroatoms. The smallest absolute Gasteiger partial charge is 0.332 e. The van der Waals surface area contributed by atoms with Gasteiger partial charge in [0.15, 0.2) is 5.82 Å². The lowest BCUT2D eigenvalue weighted by Gasteiger charge is -2.12. The summed E-state index contributed by atoms with van der Waals surface area (Å²) >= 11 is 0. The molecule has 212 valence electrons. The van der Waals surface area contributed by atoms with Crippen LogP contribution in [0.25, 0.3) is 0 Å². The van der Waals surface area contributed by atoms with Gasteiger partial charge in [0, 0.05) is 32.6 Å². The number of ether oxygens (including phenoxy) is 1. The van der Waals surface area contributed by atoms with Gasteiger partial charge in [-0.05, 0) is 36.1 Å². The highest BCUT2D eigenvalue weighted by Gasteiger charge is 2.27. The standard InChI is InChI=1S/C31H34N6O4/c1-4-15-36-29-24(30(39)37(16-5-2)31(36)40)18-25(32-29)26-19-27(34-35(26)3)33-28(38)17-21-11-13-23(14-12-21)41-20-22-9-7-6-8-10-22/h6-14,19H,4-5,15-18,20H2,1-3H3,(H,33,34,38). The van der Waals surface area contributed by atoms with Crippen LogP contribution in [0, 0.1) is 0 Å². The third kappa shape index (κ3) is 6.06. The molecule has 0 unspecified atom stereocenters. The molecule has 41 heavy (non-hydrogen) atoms. The molecule has 0 fully saturated rings. The number of hydrogen-bond donors (Lipinski definition) is 1. The van der Waals surface area contributed by atoms with Crippen LogP contribution in [0.3, 0.4) is 0 Å². The van der Waals surface area contributed by atoms with Crippen LogP contribution >= 0.6 is 0 Å². The SMILES string of the molecule is CCCn1c2c(c(=O)n(CCC)c1=O)CC(c1cc(NC(=O)Cc3ccc(OCc4ccccc4)cc3)nn1C)=N2. The third-order valence-corrected chi connectivity index (χ3v) is 6.95. The lowest BCUT2D eigenvalue weighted by molar-refractivity contribution is -0.115. The molecule has 1 amide bonds. The Balaban J connectivity index is 1.26. The topological polar surface area (TPSA) is 113 Å². The zero-order valence-electron chi connectivity index (χ0n) is 23.6. The van der Waals surface area contributed by atoms with Gasteiger partial charge in [-0.3, -0.25) is 23.4 Å². The summed E-state index contributed by atoms with van der Waals surface area (Å²) < 4.78 is 10.4. The molecule has 10 nitrogen and oxygen atoms in total. The number of benzene rings is 2. The van der Waals surface area contributed by atoms with E-state index >= 15 is 0 Å². The number of anilines is 1. The second-order valence-electron chi connectivity index (χ2n) is 10.1. The minimum Gasteiger partial charge on any atom is -0.489 e. The number of hydrogen-bond acceptors (Lipinski definition) is 6. The van der Waals surface area contributed by atoms with E-state index in [0.717, 1.165) is 23.3 Å². The highest BCUT2D eigenvalue weighted by atomic mass is 16.5. The summed E-state index contributed by atoms with van der Waals surface area (Å²) in [5, 5.41) is 7.30. The first-order valence-corrected chi connectivity index (χ1v) is 13.9. The number of rotatable bonds is 11. The van der Waals surface area contributed by atoms with Crippen LogP contribution < -0.4 is 21.3 Å². The Labute approximate surface area is 237 Å². The second-order valence-corrected chi connectivity index (χ2v) is 10.1. The van der Waals surface area contributed by atoms with Crippen molar-refractivity contribution in [2.75, 3.05) is 5.32 Å². The Morgan fingerprint density at radius 1 is 0.951 bits per heavy atom. The molecule has 2 aromatic heterocycles. The molecule has 5 rings (SSSR count). The maximum Gasteiger partial charge on any atom is 0.332 e. The molecule has 0 saturated carbocycles. The first-order valence-electron chi connectivity index (χ1n) is 13.9. The van der Waals surface area contributed by atoms with E-state index in [0.29, 0.717) is 61.1 Å². The summed E-state index contributed by atoms with van der Waals surface area (Å²) in [6, 6.07) is 19.1. The van der Waals surface area contributed by atoms with Crippen LogP contribution in [0.15, 0.2) is 75.2 Å². The van der Waals surface area contributed by atoms with Gasteiger partial charge in [0.05, 0.1) is 23.4 Å². The van der Waals surface area contributed by atoms with Crippen molar-refractivity contribution < 1.29 is 9.53 Å². The van der Waals surface area contributed by atoms with E-state index in [1.54, 1.807) is 22.4 Å². The molecule has 0 radical (unpaired) electrons. The van der Waals surface area contributed by atoms with E-state index in [1.807, 2.05) is 68.4 Å². The van der Waals surface area contributed by atoms with Gasteiger partial charge in [-0.2, -0.15) is 5.10 Å². The van der Waals surface area contributed by atoms with Gasteiger partial charge in [0.2, 0.25) is 5.91 Å². The minimum atomic E-state index is -0.323. The van der Waals surface area contributed by atoms with Gasteiger partial charge in [-0.25, -0.2) is 9.79 Å². The quantitative estimate of drug-likeness (QED) is 0.301. The van der Waals surface area contributed by atoms with Gasteiger partial charge in [-0.15, -0.1) is 0 Å². The Bertz CT molecular complexity index is 1700. The van der Waals surface area contributed by atoms with Crippen molar-refractivity contribution in [1.82, 2.24) is 18.9 Å². The molecular formula is C31H34N6O4. The van der Waals surface area contributed by atoms with Gasteiger partial charge < -0.3 is 10.1 Å². The fourth-order valence-corrected chi connectivity index (χ4v) is 4.97. The number of aromatic nitrogens is 4. The molecule has 0 saturated heterocycles. The molecule has 3 heterocycles. The third-order valence-electron chi connectivity index (χ3n) is 6.95. The average Bonchev–Trinajstić information content (AvgIpc) is 3.57. The zero-order chi connectivity index (χ0) is 28.9. The largest absolute Gasteiger partial charge is 0.489 e. The first-order chi connectivity index (χ1) is 19.9. The van der Waals surface area contributed by atoms with E-state index < -0.39 is 0 Å². The highest BCUT2D eigenvalue weighted by molar-refractivity contribution is 6.05. The molecule has 1 N–H and O–H groups in total. The van der Waals surface area contributed by atoms with Crippen LogP contribution in [0.2, 0.25) is 0 Å². The fourth-order valence-electron chi connectivity index (χ4n) is 4.97. The molecule has 1 aliphatic rings. The summed E-state index contributed by atoms with van der Waals surface area (Å²) in [6.45, 7) is 5.25. The van der Waals surface area contributed by atoms with Gasteiger partial charge in [-0.1, -0.05) is 56.3 Å². The van der Waals surface area contributed by atoms with Crippen LogP contribution in [0.5, 0.6) is 5.75 Å². The van der Waals surface area contributed by atoms with E-state index in [4.69, 9.17) is 9.73 Å². The predicted molar refractivity (Wildman–Crippen MR) is 158 cm³/mol. The number of fused-ring (bicyclic) bond motifs is 1. The number of nitrogens with zero attached hydrogens (tertiary/aromatic N) is 5. The lowest BCUT2D eigenvalue weighted by atomic mass is 10.1. The Hall–Kier alpha value is -4.73. The Morgan fingerprint density at radius 3 is 2.37 bits per heavy atom. The Morgan fingerprint density at radius 2 is 1.66 bits per heavy atom. The molecular weight excluding hydrogens is 520 g/mol. The molecule has 0 spiro atoms. The second kappa shape index (κ2) is 12.2. The summed E-state index contributed by atoms with van der Waals surface area (Å²) in [4.78, 5) is 43.6. The van der Waals surface area contributed by atoms with Crippen molar-refractivity contribution in [1.29, 1.82) is 0 Å². The van der Waals surface area contributed by atoms with E-state index in [-0.39, 0.29) is 23.6 Å². The predicted octanol–water partition coefficient (Wildman–Crippen LogP) is 4.00. The van der Waals surface area contributed by atoms with E-state index in [2.05, 4.69) is 10.4 Å². The molecule has 0 aliphatic carbocycles. The van der Waals surface area contributed by atoms with Crippen molar-refractivity contribution in [2.24, 2.45) is 12.0 Å². The number of carbonyl (C=O) groups is 1. The molecule has 2 aromatic carbocycles. The van der Waals surface area contributed by atoms with Crippen LogP contribution in [-0.2, 0) is 44.4 Å². The summed E-state index contributed by atoms with van der Waals surface area (Å²) in [5.41, 5.74) is 3.15. The number of nitrogens with one attached hydrogen (secondary N) is 1. The summed E-state index contributed by atoms with van der Waals surface area (Å²) in [5.74, 6) is 1.34. The maximum absolute atomic E-state index is 13.1. The van der Waals surface area contributed by atoms with Crippen molar-refractivity contribution >= 4 is 23.3 Å². The Kier molecular flexibility index (Phi) is 8.28. The minimum absolute atomic E-state index is 0.178. The zero-order valence-corrected chi connectivity index (χ0v) is 23.6. The normalized spacial score (nSPS) is 12.2. The number of amides is 1. The molecule has 0 bridgehead atoms. The highest BCUT2D eigenvalue weighted by Crippen LogP contribution is 2.26. The summed E-state index contributed by atoms with van der Waals surface area (Å²) in [7, 11) is 1.76. The van der Waals surface area contributed by atoms with Crippen molar-refractivity contribution in [3.63, 3.8) is 0 Å². The monoisotopic (exact) mass is 554 g/mol. The van der Waals surface area contributed by atoms with Crippen molar-refractivity contribution in [3.05, 3.63) is 104 Å². The van der Waals surface area contributed by atoms with Gasteiger partial charge in [0.25, 0.3) is 5.56 Å². The van der Waals surface area contributed by atoms with Crippen LogP contribution in [-0.4, -0.2) is 30.5 Å².